The first-order chi connectivity index (χ1) is 7.69. The zero-order chi connectivity index (χ0) is 13.2. The largest absolute Gasteiger partial charge is 0.397 e. The lowest BCUT2D eigenvalue weighted by Crippen LogP contribution is -2.25. The second-order valence-corrected chi connectivity index (χ2v) is 6.58. The number of hydrogen-bond donors (Lipinski definition) is 2. The predicted molar refractivity (Wildman–Crippen MR) is 68.6 cm³/mol. The van der Waals surface area contributed by atoms with E-state index in [0.717, 1.165) is 12.3 Å². The molecule has 1 unspecified atom stereocenters. The molecule has 4 nitrogen and oxygen atoms in total. The third kappa shape index (κ3) is 4.40. The number of sulfone groups is 1. The fraction of sp³-hybridized carbons (Fsp3) is 0.400. The summed E-state index contributed by atoms with van der Waals surface area (Å²) in [6.45, 7) is 1.69. The third-order valence-electron chi connectivity index (χ3n) is 2.05. The molecule has 0 spiro atoms. The van der Waals surface area contributed by atoms with Crippen LogP contribution in [-0.4, -0.2) is 26.5 Å². The summed E-state index contributed by atoms with van der Waals surface area (Å²) in [4.78, 5) is 0. The molecular weight excluding hydrogens is 267 g/mol. The van der Waals surface area contributed by atoms with Gasteiger partial charge in [0.15, 0.2) is 0 Å². The van der Waals surface area contributed by atoms with Crippen molar-refractivity contribution in [1.82, 2.24) is 0 Å². The summed E-state index contributed by atoms with van der Waals surface area (Å²) in [6.07, 6.45) is 1.15. The van der Waals surface area contributed by atoms with Gasteiger partial charge < -0.3 is 11.1 Å². The Kier molecular flexibility index (Phi) is 4.21. The lowest BCUT2D eigenvalue weighted by Gasteiger charge is -2.16. The summed E-state index contributed by atoms with van der Waals surface area (Å²) < 4.78 is 35.2. The van der Waals surface area contributed by atoms with Crippen LogP contribution in [0.2, 0.25) is 5.02 Å². The van der Waals surface area contributed by atoms with Gasteiger partial charge in [-0.2, -0.15) is 0 Å². The highest BCUT2D eigenvalue weighted by Gasteiger charge is 2.13. The van der Waals surface area contributed by atoms with Gasteiger partial charge in [-0.1, -0.05) is 11.6 Å². The van der Waals surface area contributed by atoms with E-state index in [1.165, 1.54) is 6.07 Å². The SMILES string of the molecule is CC(CS(C)(=O)=O)Nc1cc(Cl)c(F)cc1N. The van der Waals surface area contributed by atoms with Crippen LogP contribution < -0.4 is 11.1 Å². The number of nitrogen functional groups attached to an aromatic ring is 1. The minimum atomic E-state index is -3.08. The molecule has 1 aromatic rings. The number of anilines is 2. The highest BCUT2D eigenvalue weighted by Crippen LogP contribution is 2.26. The van der Waals surface area contributed by atoms with Crippen LogP contribution in [0, 0.1) is 5.82 Å². The topological polar surface area (TPSA) is 72.2 Å². The lowest BCUT2D eigenvalue weighted by molar-refractivity contribution is 0.598. The van der Waals surface area contributed by atoms with Crippen LogP contribution in [0.5, 0.6) is 0 Å². The number of nitrogens with two attached hydrogens (primary N) is 1. The zero-order valence-corrected chi connectivity index (χ0v) is 11.1. The lowest BCUT2D eigenvalue weighted by atomic mass is 10.2. The molecule has 0 radical (unpaired) electrons. The molecule has 3 N–H and O–H groups in total. The molecular formula is C10H14ClFN2O2S. The van der Waals surface area contributed by atoms with E-state index in [0.29, 0.717) is 5.69 Å². The molecule has 0 amide bonds. The summed E-state index contributed by atoms with van der Waals surface area (Å²) in [5.41, 5.74) is 6.20. The first-order valence-electron chi connectivity index (χ1n) is 4.88. The fourth-order valence-electron chi connectivity index (χ4n) is 1.45. The van der Waals surface area contributed by atoms with E-state index in [4.69, 9.17) is 17.3 Å². The van der Waals surface area contributed by atoms with E-state index in [-0.39, 0.29) is 22.5 Å². The average Bonchev–Trinajstić information content (AvgIpc) is 2.11. The quantitative estimate of drug-likeness (QED) is 0.827. The van der Waals surface area contributed by atoms with Crippen LogP contribution in [0.4, 0.5) is 15.8 Å². The second-order valence-electron chi connectivity index (χ2n) is 3.99. The standard InChI is InChI=1S/C10H14ClFN2O2S/c1-6(5-17(2,15)16)14-10-3-7(11)8(12)4-9(10)13/h3-4,6,14H,5,13H2,1-2H3. The molecule has 1 atom stereocenters. The minimum absolute atomic E-state index is 0.0402. The smallest absolute Gasteiger partial charge is 0.149 e. The maximum atomic E-state index is 13.0. The Labute approximate surface area is 105 Å². The summed E-state index contributed by atoms with van der Waals surface area (Å²) in [5.74, 6) is -0.646. The van der Waals surface area contributed by atoms with Crippen molar-refractivity contribution in [3.8, 4) is 0 Å². The number of halogens is 2. The van der Waals surface area contributed by atoms with Crippen molar-refractivity contribution in [3.63, 3.8) is 0 Å². The summed E-state index contributed by atoms with van der Waals surface area (Å²) in [6, 6.07) is 2.09. The van der Waals surface area contributed by atoms with Gasteiger partial charge in [0.25, 0.3) is 0 Å². The molecule has 0 saturated heterocycles. The maximum absolute atomic E-state index is 13.0. The van der Waals surface area contributed by atoms with Gasteiger partial charge >= 0.3 is 0 Å². The third-order valence-corrected chi connectivity index (χ3v) is 3.44. The van der Waals surface area contributed by atoms with Crippen LogP contribution in [0.15, 0.2) is 12.1 Å². The van der Waals surface area contributed by atoms with Crippen molar-refractivity contribution < 1.29 is 12.8 Å². The van der Waals surface area contributed by atoms with E-state index in [9.17, 15) is 12.8 Å². The highest BCUT2D eigenvalue weighted by atomic mass is 35.5. The highest BCUT2D eigenvalue weighted by molar-refractivity contribution is 7.90. The zero-order valence-electron chi connectivity index (χ0n) is 9.50. The van der Waals surface area contributed by atoms with E-state index >= 15 is 0 Å². The Morgan fingerprint density at radius 3 is 2.65 bits per heavy atom. The number of rotatable bonds is 4. The second kappa shape index (κ2) is 5.10. The van der Waals surface area contributed by atoms with Gasteiger partial charge in [0.05, 0.1) is 22.2 Å². The van der Waals surface area contributed by atoms with Crippen molar-refractivity contribution in [3.05, 3.63) is 23.0 Å². The number of benzene rings is 1. The van der Waals surface area contributed by atoms with Crippen LogP contribution in [0.25, 0.3) is 0 Å². The Bertz CT molecular complexity index is 519. The molecule has 0 aliphatic heterocycles. The maximum Gasteiger partial charge on any atom is 0.149 e. The van der Waals surface area contributed by atoms with Gasteiger partial charge in [-0.3, -0.25) is 0 Å². The average molecular weight is 281 g/mol. The molecule has 7 heteroatoms. The molecule has 0 aromatic heterocycles. The van der Waals surface area contributed by atoms with Crippen LogP contribution >= 0.6 is 11.6 Å². The van der Waals surface area contributed by atoms with Gasteiger partial charge in [0.2, 0.25) is 0 Å². The van der Waals surface area contributed by atoms with Gasteiger partial charge in [-0.15, -0.1) is 0 Å². The Morgan fingerprint density at radius 2 is 2.12 bits per heavy atom. The molecule has 1 rings (SSSR count). The first-order valence-corrected chi connectivity index (χ1v) is 7.31. The molecule has 0 bridgehead atoms. The molecule has 0 heterocycles. The number of hydrogen-bond acceptors (Lipinski definition) is 4. The normalized spacial score (nSPS) is 13.4. The molecule has 0 aliphatic carbocycles. The first kappa shape index (κ1) is 14.1. The summed E-state index contributed by atoms with van der Waals surface area (Å²) in [5, 5.41) is 2.82. The van der Waals surface area contributed by atoms with E-state index in [2.05, 4.69) is 5.32 Å². The van der Waals surface area contributed by atoms with E-state index in [1.807, 2.05) is 0 Å². The Hall–Kier alpha value is -1.01. The van der Waals surface area contributed by atoms with Gasteiger partial charge in [-0.25, -0.2) is 12.8 Å². The fourth-order valence-corrected chi connectivity index (χ4v) is 2.60. The molecule has 0 fully saturated rings. The molecule has 1 aromatic carbocycles. The van der Waals surface area contributed by atoms with E-state index < -0.39 is 15.7 Å². The Morgan fingerprint density at radius 1 is 1.53 bits per heavy atom. The van der Waals surface area contributed by atoms with Crippen molar-refractivity contribution in [1.29, 1.82) is 0 Å². The molecule has 0 aliphatic rings. The van der Waals surface area contributed by atoms with Crippen LogP contribution in [0.3, 0.4) is 0 Å². The molecule has 96 valence electrons. The van der Waals surface area contributed by atoms with Crippen LogP contribution in [-0.2, 0) is 9.84 Å². The van der Waals surface area contributed by atoms with Gasteiger partial charge in [-0.05, 0) is 13.0 Å². The minimum Gasteiger partial charge on any atom is -0.397 e. The van der Waals surface area contributed by atoms with Gasteiger partial charge in [0.1, 0.15) is 15.7 Å². The van der Waals surface area contributed by atoms with Crippen molar-refractivity contribution in [2.75, 3.05) is 23.1 Å². The van der Waals surface area contributed by atoms with Crippen molar-refractivity contribution >= 4 is 32.8 Å². The van der Waals surface area contributed by atoms with Crippen molar-refractivity contribution in [2.45, 2.75) is 13.0 Å². The van der Waals surface area contributed by atoms with Crippen molar-refractivity contribution in [2.24, 2.45) is 0 Å². The van der Waals surface area contributed by atoms with Crippen LogP contribution in [0.1, 0.15) is 6.92 Å². The summed E-state index contributed by atoms with van der Waals surface area (Å²) in [7, 11) is -3.08. The van der Waals surface area contributed by atoms with E-state index in [1.54, 1.807) is 6.92 Å². The number of nitrogens with one attached hydrogen (secondary N) is 1. The predicted octanol–water partition coefficient (Wildman–Crippen LogP) is 1.91. The molecule has 17 heavy (non-hydrogen) atoms. The summed E-state index contributed by atoms with van der Waals surface area (Å²) >= 11 is 5.61. The Balaban J connectivity index is 2.85. The molecule has 0 saturated carbocycles. The monoisotopic (exact) mass is 280 g/mol. The van der Waals surface area contributed by atoms with Gasteiger partial charge in [0, 0.05) is 18.4 Å².